The number of rotatable bonds is 8. The van der Waals surface area contributed by atoms with Gasteiger partial charge in [-0.3, -0.25) is 14.4 Å². The van der Waals surface area contributed by atoms with Gasteiger partial charge >= 0.3 is 5.97 Å². The Balaban J connectivity index is 1.66. The molecule has 0 unspecified atom stereocenters. The molecule has 0 aromatic heterocycles. The molecular formula is C21H22N2O4. The predicted octanol–water partition coefficient (Wildman–Crippen LogP) is 2.35. The average molecular weight is 366 g/mol. The number of amides is 2. The van der Waals surface area contributed by atoms with Gasteiger partial charge in [0, 0.05) is 23.7 Å². The van der Waals surface area contributed by atoms with Crippen molar-refractivity contribution >= 4 is 17.8 Å². The minimum atomic E-state index is -1.06. The Morgan fingerprint density at radius 3 is 2.19 bits per heavy atom. The number of benzene rings is 2. The summed E-state index contributed by atoms with van der Waals surface area (Å²) in [5, 5.41) is 12.0. The third-order valence-electron chi connectivity index (χ3n) is 4.43. The van der Waals surface area contributed by atoms with Crippen LogP contribution < -0.4 is 5.32 Å². The highest BCUT2D eigenvalue weighted by molar-refractivity contribution is 5.98. The second-order valence-corrected chi connectivity index (χ2v) is 6.68. The largest absolute Gasteiger partial charge is 0.480 e. The van der Waals surface area contributed by atoms with E-state index in [4.69, 9.17) is 5.11 Å². The van der Waals surface area contributed by atoms with Crippen molar-refractivity contribution in [3.63, 3.8) is 0 Å². The zero-order valence-corrected chi connectivity index (χ0v) is 14.9. The van der Waals surface area contributed by atoms with Crippen LogP contribution >= 0.6 is 0 Å². The van der Waals surface area contributed by atoms with Gasteiger partial charge in [-0.15, -0.1) is 0 Å². The van der Waals surface area contributed by atoms with Crippen molar-refractivity contribution in [1.82, 2.24) is 10.2 Å². The van der Waals surface area contributed by atoms with Gasteiger partial charge in [-0.05, 0) is 49.1 Å². The lowest BCUT2D eigenvalue weighted by molar-refractivity contribution is -0.137. The Labute approximate surface area is 157 Å². The molecule has 6 nitrogen and oxygen atoms in total. The number of carbonyl (C=O) groups is 3. The number of carbonyl (C=O) groups excluding carboxylic acids is 2. The van der Waals surface area contributed by atoms with Gasteiger partial charge in [0.1, 0.15) is 6.54 Å². The van der Waals surface area contributed by atoms with Crippen molar-refractivity contribution in [3.8, 4) is 0 Å². The normalized spacial score (nSPS) is 13.0. The molecule has 6 heteroatoms. The lowest BCUT2D eigenvalue weighted by Gasteiger charge is -2.21. The van der Waals surface area contributed by atoms with Gasteiger partial charge in [0.15, 0.2) is 0 Å². The summed E-state index contributed by atoms with van der Waals surface area (Å²) in [4.78, 5) is 37.2. The van der Waals surface area contributed by atoms with Crippen molar-refractivity contribution in [2.45, 2.75) is 25.3 Å². The van der Waals surface area contributed by atoms with E-state index < -0.39 is 5.97 Å². The number of aliphatic carboxylic acids is 1. The van der Waals surface area contributed by atoms with Crippen LogP contribution in [0.15, 0.2) is 54.6 Å². The number of nitrogens with zero attached hydrogens (tertiary/aromatic N) is 1. The maximum atomic E-state index is 12.7. The molecule has 0 aliphatic heterocycles. The fraction of sp³-hybridized carbons (Fsp3) is 0.286. The second-order valence-electron chi connectivity index (χ2n) is 6.68. The molecule has 0 radical (unpaired) electrons. The molecule has 1 aliphatic carbocycles. The minimum Gasteiger partial charge on any atom is -0.480 e. The average Bonchev–Trinajstić information content (AvgIpc) is 3.49. The first-order valence-electron chi connectivity index (χ1n) is 8.99. The van der Waals surface area contributed by atoms with Crippen LogP contribution in [0, 0.1) is 0 Å². The molecular weight excluding hydrogens is 344 g/mol. The third kappa shape index (κ3) is 5.41. The molecule has 1 saturated carbocycles. The highest BCUT2D eigenvalue weighted by Crippen LogP contribution is 2.19. The first-order valence-corrected chi connectivity index (χ1v) is 8.99. The van der Waals surface area contributed by atoms with Crippen molar-refractivity contribution in [2.75, 3.05) is 13.1 Å². The number of hydrogen-bond acceptors (Lipinski definition) is 3. The maximum absolute atomic E-state index is 12.7. The maximum Gasteiger partial charge on any atom is 0.323 e. The van der Waals surface area contributed by atoms with E-state index in [1.54, 1.807) is 24.3 Å². The van der Waals surface area contributed by atoms with E-state index in [0.29, 0.717) is 24.1 Å². The van der Waals surface area contributed by atoms with E-state index >= 15 is 0 Å². The Bertz CT molecular complexity index is 814. The molecule has 0 saturated heterocycles. The van der Waals surface area contributed by atoms with Crippen LogP contribution in [0.2, 0.25) is 0 Å². The standard InChI is InChI=1S/C21H22N2O4/c24-19(25)14-23(13-12-15-4-2-1-3-5-15)21(27)17-8-6-16(7-9-17)20(26)22-18-10-11-18/h1-9,18H,10-14H2,(H,22,26)(H,24,25). The summed E-state index contributed by atoms with van der Waals surface area (Å²) in [6.45, 7) is -0.0609. The number of carboxylic acid groups (broad SMARTS) is 1. The fourth-order valence-corrected chi connectivity index (χ4v) is 2.77. The van der Waals surface area contributed by atoms with E-state index in [-0.39, 0.29) is 24.4 Å². The molecule has 2 aromatic carbocycles. The number of hydrogen-bond donors (Lipinski definition) is 2. The zero-order chi connectivity index (χ0) is 19.2. The van der Waals surface area contributed by atoms with E-state index in [2.05, 4.69) is 5.32 Å². The summed E-state index contributed by atoms with van der Waals surface area (Å²) in [5.74, 6) is -1.57. The third-order valence-corrected chi connectivity index (χ3v) is 4.43. The molecule has 0 atom stereocenters. The minimum absolute atomic E-state index is 0.150. The van der Waals surface area contributed by atoms with Crippen LogP contribution in [0.25, 0.3) is 0 Å². The van der Waals surface area contributed by atoms with Gasteiger partial charge in [-0.25, -0.2) is 0 Å². The van der Waals surface area contributed by atoms with Gasteiger partial charge in [0.05, 0.1) is 0 Å². The Morgan fingerprint density at radius 1 is 0.963 bits per heavy atom. The lowest BCUT2D eigenvalue weighted by atomic mass is 10.1. The Kier molecular flexibility index (Phi) is 5.86. The van der Waals surface area contributed by atoms with E-state index in [1.165, 1.54) is 4.90 Å². The zero-order valence-electron chi connectivity index (χ0n) is 14.9. The monoisotopic (exact) mass is 366 g/mol. The van der Waals surface area contributed by atoms with Gasteiger partial charge in [-0.2, -0.15) is 0 Å². The highest BCUT2D eigenvalue weighted by atomic mass is 16.4. The van der Waals surface area contributed by atoms with Gasteiger partial charge in [-0.1, -0.05) is 30.3 Å². The number of nitrogens with one attached hydrogen (secondary N) is 1. The molecule has 1 aliphatic rings. The van der Waals surface area contributed by atoms with Crippen LogP contribution in [0.5, 0.6) is 0 Å². The van der Waals surface area contributed by atoms with Crippen LogP contribution in [0.4, 0.5) is 0 Å². The second kappa shape index (κ2) is 8.49. The topological polar surface area (TPSA) is 86.7 Å². The van der Waals surface area contributed by atoms with Gasteiger partial charge in [0.25, 0.3) is 11.8 Å². The van der Waals surface area contributed by atoms with E-state index in [0.717, 1.165) is 18.4 Å². The van der Waals surface area contributed by atoms with Crippen molar-refractivity contribution in [2.24, 2.45) is 0 Å². The van der Waals surface area contributed by atoms with Crippen molar-refractivity contribution in [1.29, 1.82) is 0 Å². The highest BCUT2D eigenvalue weighted by Gasteiger charge is 2.24. The summed E-state index contributed by atoms with van der Waals surface area (Å²) in [5.41, 5.74) is 1.90. The number of carboxylic acids is 1. The molecule has 0 heterocycles. The van der Waals surface area contributed by atoms with Gasteiger partial charge < -0.3 is 15.3 Å². The lowest BCUT2D eigenvalue weighted by Crippen LogP contribution is -2.37. The molecule has 2 N–H and O–H groups in total. The molecule has 140 valence electrons. The summed E-state index contributed by atoms with van der Waals surface area (Å²) in [7, 11) is 0. The first kappa shape index (κ1) is 18.6. The summed E-state index contributed by atoms with van der Waals surface area (Å²) in [6, 6.07) is 16.2. The molecule has 2 aromatic rings. The summed E-state index contributed by atoms with van der Waals surface area (Å²) in [6.07, 6.45) is 2.59. The van der Waals surface area contributed by atoms with E-state index in [9.17, 15) is 14.4 Å². The molecule has 0 bridgehead atoms. The summed E-state index contributed by atoms with van der Waals surface area (Å²) >= 11 is 0. The fourth-order valence-electron chi connectivity index (χ4n) is 2.77. The Hall–Kier alpha value is -3.15. The molecule has 2 amide bonds. The first-order chi connectivity index (χ1) is 13.0. The van der Waals surface area contributed by atoms with Crippen LogP contribution in [-0.2, 0) is 11.2 Å². The molecule has 27 heavy (non-hydrogen) atoms. The Morgan fingerprint density at radius 2 is 1.59 bits per heavy atom. The molecule has 1 fully saturated rings. The molecule has 0 spiro atoms. The van der Waals surface area contributed by atoms with E-state index in [1.807, 2.05) is 30.3 Å². The van der Waals surface area contributed by atoms with Crippen LogP contribution in [0.3, 0.4) is 0 Å². The predicted molar refractivity (Wildman–Crippen MR) is 101 cm³/mol. The van der Waals surface area contributed by atoms with Gasteiger partial charge in [0.2, 0.25) is 0 Å². The summed E-state index contributed by atoms with van der Waals surface area (Å²) < 4.78 is 0. The quantitative estimate of drug-likeness (QED) is 0.751. The van der Waals surface area contributed by atoms with Crippen molar-refractivity contribution in [3.05, 3.63) is 71.3 Å². The smallest absolute Gasteiger partial charge is 0.323 e. The van der Waals surface area contributed by atoms with Crippen LogP contribution in [-0.4, -0.2) is 46.9 Å². The SMILES string of the molecule is O=C(O)CN(CCc1ccccc1)C(=O)c1ccc(C(=O)NC2CC2)cc1. The molecule has 3 rings (SSSR count). The van der Waals surface area contributed by atoms with Crippen LogP contribution in [0.1, 0.15) is 39.1 Å². The van der Waals surface area contributed by atoms with Crippen molar-refractivity contribution < 1.29 is 19.5 Å².